The van der Waals surface area contributed by atoms with Gasteiger partial charge < -0.3 is 14.4 Å². The molecule has 2 rings (SSSR count). The molecule has 1 fully saturated rings. The molecule has 0 N–H and O–H groups in total. The zero-order valence-electron chi connectivity index (χ0n) is 10.3. The van der Waals surface area contributed by atoms with Gasteiger partial charge in [0.25, 0.3) is 0 Å². The Labute approximate surface area is 111 Å². The molecular weight excluding hydrogens is 282 g/mol. The number of aryl methyl sites for hydroxylation is 1. The van der Waals surface area contributed by atoms with Gasteiger partial charge in [-0.05, 0) is 37.7 Å². The van der Waals surface area contributed by atoms with Crippen molar-refractivity contribution in [2.75, 3.05) is 33.4 Å². The number of morpholine rings is 1. The van der Waals surface area contributed by atoms with Crippen LogP contribution in [-0.4, -0.2) is 44.4 Å². The van der Waals surface area contributed by atoms with E-state index in [4.69, 9.17) is 9.47 Å². The normalized spacial score (nSPS) is 21.5. The van der Waals surface area contributed by atoms with E-state index >= 15 is 0 Å². The van der Waals surface area contributed by atoms with Crippen molar-refractivity contribution in [2.45, 2.75) is 13.0 Å². The Morgan fingerprint density at radius 2 is 2.35 bits per heavy atom. The predicted molar refractivity (Wildman–Crippen MR) is 71.6 cm³/mol. The number of hydrogen-bond donors (Lipinski definition) is 0. The van der Waals surface area contributed by atoms with Gasteiger partial charge in [-0.25, -0.2) is 0 Å². The van der Waals surface area contributed by atoms with Crippen molar-refractivity contribution in [3.63, 3.8) is 0 Å². The fourth-order valence-corrected chi connectivity index (χ4v) is 2.11. The van der Waals surface area contributed by atoms with Crippen LogP contribution in [0.3, 0.4) is 0 Å². The van der Waals surface area contributed by atoms with Gasteiger partial charge in [-0.2, -0.15) is 0 Å². The maximum absolute atomic E-state index is 5.76. The van der Waals surface area contributed by atoms with Crippen LogP contribution in [0.2, 0.25) is 0 Å². The van der Waals surface area contributed by atoms with Crippen LogP contribution in [0, 0.1) is 6.92 Å². The Hall–Kier alpha value is -0.580. The van der Waals surface area contributed by atoms with Crippen molar-refractivity contribution >= 4 is 15.9 Å². The second-order valence-electron chi connectivity index (χ2n) is 4.48. The van der Waals surface area contributed by atoms with Crippen LogP contribution in [0.15, 0.2) is 22.7 Å². The second-order valence-corrected chi connectivity index (χ2v) is 5.33. The summed E-state index contributed by atoms with van der Waals surface area (Å²) in [6, 6.07) is 6.03. The summed E-state index contributed by atoms with van der Waals surface area (Å²) in [5.41, 5.74) is 1.18. The largest absolute Gasteiger partial charge is 0.491 e. The van der Waals surface area contributed by atoms with E-state index in [0.717, 1.165) is 29.9 Å². The first kappa shape index (κ1) is 12.9. The molecule has 94 valence electrons. The number of rotatable bonds is 3. The summed E-state index contributed by atoms with van der Waals surface area (Å²) >= 11 is 3.48. The molecule has 0 aliphatic carbocycles. The lowest BCUT2D eigenvalue weighted by Crippen LogP contribution is -2.42. The van der Waals surface area contributed by atoms with Gasteiger partial charge >= 0.3 is 0 Å². The van der Waals surface area contributed by atoms with Crippen LogP contribution < -0.4 is 4.74 Å². The van der Waals surface area contributed by atoms with E-state index in [1.54, 1.807) is 0 Å². The van der Waals surface area contributed by atoms with Crippen LogP contribution >= 0.6 is 15.9 Å². The van der Waals surface area contributed by atoms with Gasteiger partial charge in [-0.1, -0.05) is 15.9 Å². The first-order valence-corrected chi connectivity index (χ1v) is 6.63. The highest BCUT2D eigenvalue weighted by Crippen LogP contribution is 2.21. The molecule has 0 aromatic heterocycles. The molecule has 0 amide bonds. The number of hydrogen-bond acceptors (Lipinski definition) is 3. The van der Waals surface area contributed by atoms with Gasteiger partial charge in [-0.15, -0.1) is 0 Å². The average molecular weight is 300 g/mol. The Morgan fingerprint density at radius 3 is 3.06 bits per heavy atom. The predicted octanol–water partition coefficient (Wildman–Crippen LogP) is 2.47. The minimum atomic E-state index is 0.178. The minimum absolute atomic E-state index is 0.178. The van der Waals surface area contributed by atoms with E-state index in [-0.39, 0.29) is 6.10 Å². The quantitative estimate of drug-likeness (QED) is 0.856. The van der Waals surface area contributed by atoms with Gasteiger partial charge in [0, 0.05) is 17.6 Å². The summed E-state index contributed by atoms with van der Waals surface area (Å²) < 4.78 is 12.5. The van der Waals surface area contributed by atoms with Gasteiger partial charge in [0.1, 0.15) is 18.5 Å². The van der Waals surface area contributed by atoms with E-state index in [9.17, 15) is 0 Å². The highest BCUT2D eigenvalue weighted by Gasteiger charge is 2.18. The maximum Gasteiger partial charge on any atom is 0.119 e. The fraction of sp³-hybridized carbons (Fsp3) is 0.538. The summed E-state index contributed by atoms with van der Waals surface area (Å²) in [6.07, 6.45) is 0.178. The monoisotopic (exact) mass is 299 g/mol. The van der Waals surface area contributed by atoms with E-state index in [1.165, 1.54) is 5.56 Å². The van der Waals surface area contributed by atoms with Crippen LogP contribution in [0.25, 0.3) is 0 Å². The van der Waals surface area contributed by atoms with Crippen LogP contribution in [0.5, 0.6) is 5.75 Å². The summed E-state index contributed by atoms with van der Waals surface area (Å²) in [7, 11) is 2.11. The summed E-state index contributed by atoms with van der Waals surface area (Å²) in [5, 5.41) is 0. The van der Waals surface area contributed by atoms with Crippen LogP contribution in [0.1, 0.15) is 5.56 Å². The summed E-state index contributed by atoms with van der Waals surface area (Å²) in [5.74, 6) is 0.905. The zero-order chi connectivity index (χ0) is 12.3. The lowest BCUT2D eigenvalue weighted by Gasteiger charge is -2.29. The number of likely N-dealkylation sites (N-methyl/N-ethyl adjacent to an activating group) is 1. The highest BCUT2D eigenvalue weighted by atomic mass is 79.9. The average Bonchev–Trinajstić information content (AvgIpc) is 2.31. The number of ether oxygens (including phenoxy) is 2. The van der Waals surface area contributed by atoms with Crippen molar-refractivity contribution < 1.29 is 9.47 Å². The Bertz CT molecular complexity index is 384. The molecule has 0 radical (unpaired) electrons. The summed E-state index contributed by atoms with van der Waals surface area (Å²) in [6.45, 7) is 5.42. The fourth-order valence-electron chi connectivity index (χ4n) is 1.86. The minimum Gasteiger partial charge on any atom is -0.491 e. The highest BCUT2D eigenvalue weighted by molar-refractivity contribution is 9.10. The molecule has 1 unspecified atom stereocenters. The Morgan fingerprint density at radius 1 is 1.53 bits per heavy atom. The topological polar surface area (TPSA) is 21.7 Å². The molecule has 1 aliphatic rings. The van der Waals surface area contributed by atoms with Gasteiger partial charge in [0.15, 0.2) is 0 Å². The molecule has 1 aliphatic heterocycles. The lowest BCUT2D eigenvalue weighted by atomic mass is 10.2. The SMILES string of the molecule is Cc1cc(OCC2CN(C)CCO2)ccc1Br. The molecule has 3 nitrogen and oxygen atoms in total. The van der Waals surface area contributed by atoms with Crippen molar-refractivity contribution in [2.24, 2.45) is 0 Å². The molecular formula is C13H18BrNO2. The standard InChI is InChI=1S/C13H18BrNO2/c1-10-7-11(3-4-13(10)14)17-9-12-8-15(2)5-6-16-12/h3-4,7,12H,5-6,8-9H2,1-2H3. The van der Waals surface area contributed by atoms with Gasteiger partial charge in [-0.3, -0.25) is 0 Å². The third-order valence-electron chi connectivity index (χ3n) is 2.91. The molecule has 1 aromatic carbocycles. The third-order valence-corrected chi connectivity index (χ3v) is 3.80. The summed E-state index contributed by atoms with van der Waals surface area (Å²) in [4.78, 5) is 2.27. The lowest BCUT2D eigenvalue weighted by molar-refractivity contribution is -0.0403. The van der Waals surface area contributed by atoms with E-state index in [0.29, 0.717) is 6.61 Å². The van der Waals surface area contributed by atoms with Crippen molar-refractivity contribution in [1.29, 1.82) is 0 Å². The van der Waals surface area contributed by atoms with Crippen LogP contribution in [0.4, 0.5) is 0 Å². The smallest absolute Gasteiger partial charge is 0.119 e. The molecule has 1 aromatic rings. The zero-order valence-corrected chi connectivity index (χ0v) is 11.9. The molecule has 17 heavy (non-hydrogen) atoms. The Balaban J connectivity index is 1.86. The third kappa shape index (κ3) is 3.69. The first-order chi connectivity index (χ1) is 8.15. The molecule has 0 saturated carbocycles. The molecule has 1 heterocycles. The number of benzene rings is 1. The first-order valence-electron chi connectivity index (χ1n) is 5.84. The van der Waals surface area contributed by atoms with E-state index in [1.807, 2.05) is 18.2 Å². The number of nitrogens with zero attached hydrogens (tertiary/aromatic N) is 1. The molecule has 0 spiro atoms. The van der Waals surface area contributed by atoms with Crippen molar-refractivity contribution in [3.05, 3.63) is 28.2 Å². The second kappa shape index (κ2) is 5.85. The molecule has 1 saturated heterocycles. The molecule has 1 atom stereocenters. The van der Waals surface area contributed by atoms with Gasteiger partial charge in [0.05, 0.1) is 6.61 Å². The number of halogens is 1. The molecule has 0 bridgehead atoms. The van der Waals surface area contributed by atoms with E-state index in [2.05, 4.69) is 34.8 Å². The Kier molecular flexibility index (Phi) is 4.42. The maximum atomic E-state index is 5.76. The van der Waals surface area contributed by atoms with Gasteiger partial charge in [0.2, 0.25) is 0 Å². The van der Waals surface area contributed by atoms with Crippen molar-refractivity contribution in [3.8, 4) is 5.75 Å². The van der Waals surface area contributed by atoms with Crippen molar-refractivity contribution in [1.82, 2.24) is 4.90 Å². The van der Waals surface area contributed by atoms with E-state index < -0.39 is 0 Å². The van der Waals surface area contributed by atoms with Crippen LogP contribution in [-0.2, 0) is 4.74 Å². The molecule has 4 heteroatoms.